The monoisotopic (exact) mass is 304 g/mol. The highest BCUT2D eigenvalue weighted by Crippen LogP contribution is 2.20. The van der Waals surface area contributed by atoms with E-state index in [2.05, 4.69) is 15.4 Å². The molecule has 120 valence electrons. The van der Waals surface area contributed by atoms with E-state index in [1.165, 1.54) is 0 Å². The maximum Gasteiger partial charge on any atom is 0.326 e. The van der Waals surface area contributed by atoms with Crippen molar-refractivity contribution in [3.63, 3.8) is 0 Å². The Morgan fingerprint density at radius 2 is 1.76 bits per heavy atom. The Kier molecular flexibility index (Phi) is 7.18. The van der Waals surface area contributed by atoms with E-state index >= 15 is 0 Å². The number of urea groups is 1. The number of aliphatic carboxylic acids is 2. The van der Waals surface area contributed by atoms with Gasteiger partial charge in [0.05, 0.1) is 0 Å². The quantitative estimate of drug-likeness (QED) is 0.369. The van der Waals surface area contributed by atoms with E-state index in [9.17, 15) is 19.2 Å². The van der Waals surface area contributed by atoms with E-state index in [0.717, 1.165) is 0 Å². The normalized spacial score (nSPS) is 13.7. The van der Waals surface area contributed by atoms with Crippen LogP contribution in [0.1, 0.15) is 33.6 Å². The zero-order valence-corrected chi connectivity index (χ0v) is 12.1. The van der Waals surface area contributed by atoms with Gasteiger partial charge in [-0.1, -0.05) is 20.8 Å². The maximum absolute atomic E-state index is 11.6. The van der Waals surface area contributed by atoms with E-state index < -0.39 is 36.7 Å². The van der Waals surface area contributed by atoms with Crippen molar-refractivity contribution in [2.75, 3.05) is 0 Å². The number of carboxylic acid groups (broad SMARTS) is 2. The molecule has 0 radical (unpaired) electrons. The second-order valence-electron chi connectivity index (χ2n) is 5.59. The van der Waals surface area contributed by atoms with Crippen molar-refractivity contribution < 1.29 is 34.1 Å². The molecule has 0 aromatic carbocycles. The molecule has 9 heteroatoms. The first kappa shape index (κ1) is 18.7. The Morgan fingerprint density at radius 3 is 2.14 bits per heavy atom. The molecule has 0 spiro atoms. The van der Waals surface area contributed by atoms with Crippen LogP contribution in [-0.2, 0) is 19.1 Å². The highest BCUT2D eigenvalue weighted by molar-refractivity contribution is 5.83. The summed E-state index contributed by atoms with van der Waals surface area (Å²) in [6.07, 6.45) is -1.83. The van der Waals surface area contributed by atoms with Crippen LogP contribution in [0, 0.1) is 5.41 Å². The zero-order valence-electron chi connectivity index (χ0n) is 12.1. The number of carboxylic acids is 2. The van der Waals surface area contributed by atoms with Crippen molar-refractivity contribution in [2.45, 2.75) is 45.9 Å². The van der Waals surface area contributed by atoms with Crippen LogP contribution in [0.25, 0.3) is 0 Å². The average Bonchev–Trinajstić information content (AvgIpc) is 2.25. The van der Waals surface area contributed by atoms with Gasteiger partial charge in [0.1, 0.15) is 12.5 Å². The molecule has 2 atom stereocenters. The summed E-state index contributed by atoms with van der Waals surface area (Å²) in [4.78, 5) is 43.5. The second kappa shape index (κ2) is 8.08. The highest BCUT2D eigenvalue weighted by Gasteiger charge is 2.27. The number of amides is 2. The van der Waals surface area contributed by atoms with Gasteiger partial charge in [0.25, 0.3) is 6.47 Å². The van der Waals surface area contributed by atoms with Gasteiger partial charge in [0.15, 0.2) is 6.23 Å². The van der Waals surface area contributed by atoms with Crippen molar-refractivity contribution in [3.8, 4) is 0 Å². The largest absolute Gasteiger partial charge is 0.481 e. The number of ether oxygens (including phenoxy) is 1. The fourth-order valence-electron chi connectivity index (χ4n) is 1.52. The molecule has 0 heterocycles. The van der Waals surface area contributed by atoms with Gasteiger partial charge in [-0.15, -0.1) is 0 Å². The first-order valence-electron chi connectivity index (χ1n) is 6.16. The van der Waals surface area contributed by atoms with Crippen molar-refractivity contribution in [1.29, 1.82) is 0 Å². The van der Waals surface area contributed by atoms with Gasteiger partial charge >= 0.3 is 18.0 Å². The second-order valence-corrected chi connectivity index (χ2v) is 5.59. The third-order valence-corrected chi connectivity index (χ3v) is 2.29. The summed E-state index contributed by atoms with van der Waals surface area (Å²) in [7, 11) is 0. The van der Waals surface area contributed by atoms with Crippen LogP contribution in [0.3, 0.4) is 0 Å². The van der Waals surface area contributed by atoms with Crippen molar-refractivity contribution in [1.82, 2.24) is 10.6 Å². The number of nitrogens with one attached hydrogen (secondary N) is 2. The summed E-state index contributed by atoms with van der Waals surface area (Å²) in [5.74, 6) is -2.50. The van der Waals surface area contributed by atoms with Crippen LogP contribution >= 0.6 is 0 Å². The Hall–Kier alpha value is -2.32. The van der Waals surface area contributed by atoms with Crippen LogP contribution < -0.4 is 10.6 Å². The first-order valence-corrected chi connectivity index (χ1v) is 6.16. The molecule has 0 aromatic heterocycles. The van der Waals surface area contributed by atoms with Gasteiger partial charge in [-0.05, 0) is 11.8 Å². The van der Waals surface area contributed by atoms with Gasteiger partial charge in [0, 0.05) is 0 Å². The summed E-state index contributed by atoms with van der Waals surface area (Å²) in [6, 6.07) is -2.08. The van der Waals surface area contributed by atoms with Crippen molar-refractivity contribution in [3.05, 3.63) is 0 Å². The van der Waals surface area contributed by atoms with Crippen LogP contribution in [0.5, 0.6) is 0 Å². The summed E-state index contributed by atoms with van der Waals surface area (Å²) in [5.41, 5.74) is -0.337. The SMILES string of the molecule is CC(C)(C)CC(NC(=O)NC(CC(=O)O)OC=O)C(=O)O. The number of hydrogen-bond donors (Lipinski definition) is 4. The van der Waals surface area contributed by atoms with Gasteiger partial charge in [-0.2, -0.15) is 0 Å². The molecule has 0 saturated heterocycles. The number of carbonyl (C=O) groups excluding carboxylic acids is 2. The molecule has 0 aromatic rings. The standard InChI is InChI=1S/C12H20N2O7/c1-12(2,3)5-7(10(18)19)13-11(20)14-8(21-6-15)4-9(16)17/h6-8H,4-5H2,1-3H3,(H,16,17)(H,18,19)(H2,13,14,20). The molecule has 0 bridgehead atoms. The highest BCUT2D eigenvalue weighted by atomic mass is 16.5. The van der Waals surface area contributed by atoms with Gasteiger partial charge < -0.3 is 25.6 Å². The van der Waals surface area contributed by atoms with E-state index in [1.54, 1.807) is 0 Å². The molecular weight excluding hydrogens is 284 g/mol. The molecule has 0 saturated carbocycles. The van der Waals surface area contributed by atoms with E-state index in [4.69, 9.17) is 10.2 Å². The molecule has 0 fully saturated rings. The maximum atomic E-state index is 11.6. The minimum absolute atomic E-state index is 0.00226. The fraction of sp³-hybridized carbons (Fsp3) is 0.667. The van der Waals surface area contributed by atoms with E-state index in [0.29, 0.717) is 0 Å². The van der Waals surface area contributed by atoms with Crippen LogP contribution in [0.2, 0.25) is 0 Å². The lowest BCUT2D eigenvalue weighted by molar-refractivity contribution is -0.145. The Labute approximate surface area is 121 Å². The van der Waals surface area contributed by atoms with Crippen LogP contribution in [0.15, 0.2) is 0 Å². The molecule has 0 aliphatic rings. The molecule has 0 rings (SSSR count). The summed E-state index contributed by atoms with van der Waals surface area (Å²) < 4.78 is 4.39. The van der Waals surface area contributed by atoms with Gasteiger partial charge in [0.2, 0.25) is 0 Å². The lowest BCUT2D eigenvalue weighted by Gasteiger charge is -2.24. The lowest BCUT2D eigenvalue weighted by atomic mass is 9.88. The molecule has 0 aliphatic heterocycles. The Morgan fingerprint density at radius 1 is 1.19 bits per heavy atom. The number of rotatable bonds is 8. The minimum atomic E-state index is -1.37. The molecule has 9 nitrogen and oxygen atoms in total. The minimum Gasteiger partial charge on any atom is -0.481 e. The smallest absolute Gasteiger partial charge is 0.326 e. The molecule has 2 unspecified atom stereocenters. The molecular formula is C12H20N2O7. The van der Waals surface area contributed by atoms with Crippen molar-refractivity contribution >= 4 is 24.4 Å². The number of carbonyl (C=O) groups is 4. The topological polar surface area (TPSA) is 142 Å². The summed E-state index contributed by atoms with van der Waals surface area (Å²) in [5, 5.41) is 21.9. The zero-order chi connectivity index (χ0) is 16.6. The summed E-state index contributed by atoms with van der Waals surface area (Å²) in [6.45, 7) is 5.43. The third kappa shape index (κ3) is 9.25. The van der Waals surface area contributed by atoms with Crippen molar-refractivity contribution in [2.24, 2.45) is 5.41 Å². The van der Waals surface area contributed by atoms with E-state index in [-0.39, 0.29) is 18.3 Å². The number of hydrogen-bond acceptors (Lipinski definition) is 5. The molecule has 4 N–H and O–H groups in total. The van der Waals surface area contributed by atoms with Gasteiger partial charge in [-0.25, -0.2) is 9.59 Å². The Balaban J connectivity index is 4.63. The predicted molar refractivity (Wildman–Crippen MR) is 70.4 cm³/mol. The molecule has 0 aliphatic carbocycles. The van der Waals surface area contributed by atoms with Gasteiger partial charge in [-0.3, -0.25) is 9.59 Å². The first-order chi connectivity index (χ1) is 9.55. The summed E-state index contributed by atoms with van der Waals surface area (Å²) >= 11 is 0. The van der Waals surface area contributed by atoms with E-state index in [1.807, 2.05) is 20.8 Å². The fourth-order valence-corrected chi connectivity index (χ4v) is 1.52. The lowest BCUT2D eigenvalue weighted by Crippen LogP contribution is -2.51. The average molecular weight is 304 g/mol. The Bertz CT molecular complexity index is 403. The van der Waals surface area contributed by atoms with Crippen LogP contribution in [0.4, 0.5) is 4.79 Å². The predicted octanol–water partition coefficient (Wildman–Crippen LogP) is 0.149. The molecule has 21 heavy (non-hydrogen) atoms. The van der Waals surface area contributed by atoms with Crippen LogP contribution in [-0.4, -0.2) is 46.9 Å². The third-order valence-electron chi connectivity index (χ3n) is 2.29. The molecule has 2 amide bonds.